The Balaban J connectivity index is 1.88. The van der Waals surface area contributed by atoms with Gasteiger partial charge in [0, 0.05) is 18.7 Å². The number of phenols is 1. The van der Waals surface area contributed by atoms with E-state index in [0.29, 0.717) is 17.5 Å². The van der Waals surface area contributed by atoms with E-state index in [-0.39, 0.29) is 5.75 Å². The molecule has 2 N–H and O–H groups in total. The van der Waals surface area contributed by atoms with Gasteiger partial charge in [-0.05, 0) is 30.7 Å². The molecule has 2 nitrogen and oxygen atoms in total. The summed E-state index contributed by atoms with van der Waals surface area (Å²) in [5.41, 5.74) is 1.08. The Morgan fingerprint density at radius 1 is 1.41 bits per heavy atom. The maximum Gasteiger partial charge on any atom is 0.165 e. The van der Waals surface area contributed by atoms with Gasteiger partial charge in [0.15, 0.2) is 11.6 Å². The molecule has 0 aromatic heterocycles. The van der Waals surface area contributed by atoms with Crippen molar-refractivity contribution in [1.82, 2.24) is 5.32 Å². The van der Waals surface area contributed by atoms with E-state index in [4.69, 9.17) is 0 Å². The van der Waals surface area contributed by atoms with E-state index in [0.717, 1.165) is 6.54 Å². The van der Waals surface area contributed by atoms with Gasteiger partial charge in [0.05, 0.1) is 0 Å². The van der Waals surface area contributed by atoms with Crippen LogP contribution in [0.25, 0.3) is 0 Å². The highest BCUT2D eigenvalue weighted by Crippen LogP contribution is 2.43. The number of benzene rings is 1. The maximum absolute atomic E-state index is 13.1. The van der Waals surface area contributed by atoms with Crippen molar-refractivity contribution in [2.75, 3.05) is 6.54 Å². The monoisotopic (exact) mass is 237 g/mol. The van der Waals surface area contributed by atoms with Gasteiger partial charge in [-0.1, -0.05) is 25.5 Å². The first-order valence-corrected chi connectivity index (χ1v) is 6.34. The number of aromatic hydroxyl groups is 1. The summed E-state index contributed by atoms with van der Waals surface area (Å²) in [7, 11) is 0. The van der Waals surface area contributed by atoms with E-state index >= 15 is 0 Å². The van der Waals surface area contributed by atoms with Crippen molar-refractivity contribution in [2.24, 2.45) is 5.41 Å². The molecular formula is C14H20FNO. The number of hydrogen-bond acceptors (Lipinski definition) is 2. The molecule has 0 spiro atoms. The lowest BCUT2D eigenvalue weighted by Crippen LogP contribution is -2.39. The molecule has 0 saturated heterocycles. The van der Waals surface area contributed by atoms with E-state index < -0.39 is 5.82 Å². The second kappa shape index (κ2) is 5.05. The lowest BCUT2D eigenvalue weighted by atomic mass is 9.67. The predicted molar refractivity (Wildman–Crippen MR) is 66.3 cm³/mol. The Kier molecular flexibility index (Phi) is 3.67. The number of rotatable bonds is 5. The molecule has 0 amide bonds. The molecule has 2 rings (SSSR count). The van der Waals surface area contributed by atoms with Gasteiger partial charge < -0.3 is 10.4 Å². The molecule has 1 aromatic rings. The topological polar surface area (TPSA) is 32.3 Å². The highest BCUT2D eigenvalue weighted by atomic mass is 19.1. The summed E-state index contributed by atoms with van der Waals surface area (Å²) in [4.78, 5) is 0. The second-order valence-electron chi connectivity index (χ2n) is 5.06. The molecule has 0 heterocycles. The minimum atomic E-state index is -0.543. The van der Waals surface area contributed by atoms with Crippen LogP contribution in [0.4, 0.5) is 4.39 Å². The van der Waals surface area contributed by atoms with Crippen LogP contribution in [-0.4, -0.2) is 11.7 Å². The summed E-state index contributed by atoms with van der Waals surface area (Å²) >= 11 is 0. The van der Waals surface area contributed by atoms with Crippen LogP contribution >= 0.6 is 0 Å². The van der Waals surface area contributed by atoms with E-state index in [1.165, 1.54) is 31.7 Å². The van der Waals surface area contributed by atoms with Crippen LogP contribution in [0.1, 0.15) is 38.2 Å². The number of hydrogen-bond donors (Lipinski definition) is 2. The Morgan fingerprint density at radius 3 is 2.76 bits per heavy atom. The third-order valence-electron chi connectivity index (χ3n) is 4.05. The van der Waals surface area contributed by atoms with E-state index in [9.17, 15) is 9.50 Å². The maximum atomic E-state index is 13.1. The molecule has 1 aromatic carbocycles. The minimum absolute atomic E-state index is 0.223. The SMILES string of the molecule is CCC1(CNCc2cccc(F)c2O)CCC1. The molecule has 0 radical (unpaired) electrons. The van der Waals surface area contributed by atoms with E-state index in [1.807, 2.05) is 0 Å². The highest BCUT2D eigenvalue weighted by Gasteiger charge is 2.34. The molecule has 1 saturated carbocycles. The quantitative estimate of drug-likeness (QED) is 0.824. The molecule has 94 valence electrons. The smallest absolute Gasteiger partial charge is 0.165 e. The summed E-state index contributed by atoms with van der Waals surface area (Å²) in [5.74, 6) is -0.766. The van der Waals surface area contributed by atoms with Gasteiger partial charge in [-0.2, -0.15) is 0 Å². The van der Waals surface area contributed by atoms with Crippen molar-refractivity contribution in [3.8, 4) is 5.75 Å². The van der Waals surface area contributed by atoms with Crippen LogP contribution in [0.15, 0.2) is 18.2 Å². The van der Waals surface area contributed by atoms with Crippen LogP contribution in [-0.2, 0) is 6.54 Å². The molecule has 1 aliphatic rings. The molecule has 1 fully saturated rings. The lowest BCUT2D eigenvalue weighted by Gasteiger charge is -2.41. The average molecular weight is 237 g/mol. The standard InChI is InChI=1S/C14H20FNO/c1-2-14(7-4-8-14)10-16-9-11-5-3-6-12(15)13(11)17/h3,5-6,16-17H,2,4,7-10H2,1H3. The molecule has 3 heteroatoms. The Bertz CT molecular complexity index is 382. The van der Waals surface area contributed by atoms with Crippen LogP contribution in [0, 0.1) is 11.2 Å². The number of nitrogens with one attached hydrogen (secondary N) is 1. The van der Waals surface area contributed by atoms with Crippen molar-refractivity contribution >= 4 is 0 Å². The van der Waals surface area contributed by atoms with Crippen molar-refractivity contribution in [3.05, 3.63) is 29.6 Å². The van der Waals surface area contributed by atoms with Crippen LogP contribution in [0.5, 0.6) is 5.75 Å². The summed E-state index contributed by atoms with van der Waals surface area (Å²) in [5, 5.41) is 12.9. The third kappa shape index (κ3) is 2.60. The van der Waals surface area contributed by atoms with Crippen LogP contribution in [0.3, 0.4) is 0 Å². The van der Waals surface area contributed by atoms with Crippen LogP contribution < -0.4 is 5.32 Å². The third-order valence-corrected chi connectivity index (χ3v) is 4.05. The van der Waals surface area contributed by atoms with Crippen molar-refractivity contribution in [2.45, 2.75) is 39.2 Å². The van der Waals surface area contributed by atoms with Gasteiger partial charge >= 0.3 is 0 Å². The van der Waals surface area contributed by atoms with Crippen molar-refractivity contribution in [1.29, 1.82) is 0 Å². The Labute approximate surface area is 102 Å². The van der Waals surface area contributed by atoms with E-state index in [2.05, 4.69) is 12.2 Å². The first-order valence-electron chi connectivity index (χ1n) is 6.34. The molecule has 17 heavy (non-hydrogen) atoms. The fourth-order valence-electron chi connectivity index (χ4n) is 2.50. The second-order valence-corrected chi connectivity index (χ2v) is 5.06. The minimum Gasteiger partial charge on any atom is -0.505 e. The average Bonchev–Trinajstić information content (AvgIpc) is 2.28. The Hall–Kier alpha value is -1.09. The zero-order valence-electron chi connectivity index (χ0n) is 10.3. The zero-order chi connectivity index (χ0) is 12.3. The van der Waals surface area contributed by atoms with Gasteiger partial charge in [-0.25, -0.2) is 4.39 Å². The number of para-hydroxylation sites is 1. The van der Waals surface area contributed by atoms with Gasteiger partial charge in [-0.15, -0.1) is 0 Å². The van der Waals surface area contributed by atoms with Crippen molar-refractivity contribution in [3.63, 3.8) is 0 Å². The molecule has 1 aliphatic carbocycles. The highest BCUT2D eigenvalue weighted by molar-refractivity contribution is 5.33. The predicted octanol–water partition coefficient (Wildman–Crippen LogP) is 3.20. The normalized spacial score (nSPS) is 17.8. The fourth-order valence-corrected chi connectivity index (χ4v) is 2.50. The largest absolute Gasteiger partial charge is 0.505 e. The van der Waals surface area contributed by atoms with Gasteiger partial charge in [-0.3, -0.25) is 0 Å². The van der Waals surface area contributed by atoms with Gasteiger partial charge in [0.2, 0.25) is 0 Å². The fraction of sp³-hybridized carbons (Fsp3) is 0.571. The zero-order valence-corrected chi connectivity index (χ0v) is 10.3. The molecule has 0 bridgehead atoms. The number of halogens is 1. The lowest BCUT2D eigenvalue weighted by molar-refractivity contribution is 0.123. The number of phenolic OH excluding ortho intramolecular Hbond substituents is 1. The first kappa shape index (κ1) is 12.4. The summed E-state index contributed by atoms with van der Waals surface area (Å²) < 4.78 is 13.1. The Morgan fingerprint density at radius 2 is 2.18 bits per heavy atom. The summed E-state index contributed by atoms with van der Waals surface area (Å²) in [6, 6.07) is 4.66. The van der Waals surface area contributed by atoms with Gasteiger partial charge in [0.1, 0.15) is 0 Å². The van der Waals surface area contributed by atoms with E-state index in [1.54, 1.807) is 12.1 Å². The summed E-state index contributed by atoms with van der Waals surface area (Å²) in [6.45, 7) is 3.71. The first-order chi connectivity index (χ1) is 8.17. The molecule has 0 atom stereocenters. The van der Waals surface area contributed by atoms with Crippen molar-refractivity contribution < 1.29 is 9.50 Å². The molecular weight excluding hydrogens is 217 g/mol. The molecule has 0 aliphatic heterocycles. The van der Waals surface area contributed by atoms with Gasteiger partial charge in [0.25, 0.3) is 0 Å². The van der Waals surface area contributed by atoms with Crippen LogP contribution in [0.2, 0.25) is 0 Å². The molecule has 0 unspecified atom stereocenters. The summed E-state index contributed by atoms with van der Waals surface area (Å²) in [6.07, 6.45) is 5.08.